The quantitative estimate of drug-likeness (QED) is 0.525. The van der Waals surface area contributed by atoms with Crippen molar-refractivity contribution in [2.45, 2.75) is 32.0 Å². The topological polar surface area (TPSA) is 132 Å². The minimum atomic E-state index is -1.11. The van der Waals surface area contributed by atoms with Gasteiger partial charge in [0.15, 0.2) is 11.5 Å². The second-order valence-electron chi connectivity index (χ2n) is 7.23. The fourth-order valence-corrected chi connectivity index (χ4v) is 2.73. The summed E-state index contributed by atoms with van der Waals surface area (Å²) in [5.74, 6) is -1.15. The van der Waals surface area contributed by atoms with Crippen molar-refractivity contribution in [3.8, 4) is 0 Å². The van der Waals surface area contributed by atoms with Crippen LogP contribution in [0.5, 0.6) is 0 Å². The second kappa shape index (κ2) is 8.38. The highest BCUT2D eigenvalue weighted by atomic mass is 16.5. The van der Waals surface area contributed by atoms with Crippen LogP contribution in [0.3, 0.4) is 0 Å². The van der Waals surface area contributed by atoms with Crippen molar-refractivity contribution in [2.24, 2.45) is 5.73 Å². The van der Waals surface area contributed by atoms with Gasteiger partial charge in [-0.25, -0.2) is 4.79 Å². The first-order chi connectivity index (χ1) is 13.8. The van der Waals surface area contributed by atoms with Crippen LogP contribution < -0.4 is 11.1 Å². The van der Waals surface area contributed by atoms with Crippen molar-refractivity contribution in [2.75, 3.05) is 6.61 Å². The van der Waals surface area contributed by atoms with Crippen molar-refractivity contribution in [1.29, 1.82) is 0 Å². The summed E-state index contributed by atoms with van der Waals surface area (Å²) in [5.41, 5.74) is 5.98. The number of fused-ring (bicyclic) bond motifs is 1. The summed E-state index contributed by atoms with van der Waals surface area (Å²) in [5, 5.41) is 20.3. The Bertz CT molecular complexity index is 1010. The molecule has 0 saturated carbocycles. The lowest BCUT2D eigenvalue weighted by atomic mass is 10.1. The summed E-state index contributed by atoms with van der Waals surface area (Å²) in [6.45, 7) is 3.63. The zero-order valence-corrected chi connectivity index (χ0v) is 16.2. The number of carboxylic acid groups (broad SMARTS) is 1. The van der Waals surface area contributed by atoms with Crippen LogP contribution in [0.25, 0.3) is 5.65 Å². The van der Waals surface area contributed by atoms with Gasteiger partial charge in [-0.2, -0.15) is 0 Å². The zero-order valence-electron chi connectivity index (χ0n) is 16.2. The fraction of sp³-hybridized carbons (Fsp3) is 0.300. The molecule has 9 nitrogen and oxygen atoms in total. The Labute approximate surface area is 167 Å². The average Bonchev–Trinajstić information content (AvgIpc) is 3.11. The summed E-state index contributed by atoms with van der Waals surface area (Å²) in [7, 11) is 0. The van der Waals surface area contributed by atoms with E-state index in [1.807, 2.05) is 30.3 Å². The molecule has 4 N–H and O–H groups in total. The molecule has 0 fully saturated rings. The summed E-state index contributed by atoms with van der Waals surface area (Å²) >= 11 is 0. The Balaban J connectivity index is 1.88. The average molecular weight is 397 g/mol. The van der Waals surface area contributed by atoms with Crippen LogP contribution in [0, 0.1) is 0 Å². The number of ether oxygens (including phenoxy) is 1. The van der Waals surface area contributed by atoms with Crippen LogP contribution in [0.2, 0.25) is 0 Å². The van der Waals surface area contributed by atoms with Crippen molar-refractivity contribution in [1.82, 2.24) is 19.9 Å². The van der Waals surface area contributed by atoms with E-state index in [9.17, 15) is 14.7 Å². The fourth-order valence-electron chi connectivity index (χ4n) is 2.73. The number of carbonyl (C=O) groups is 2. The minimum Gasteiger partial charge on any atom is -0.478 e. The molecule has 0 aliphatic carbocycles. The molecule has 0 aliphatic rings. The number of carboxylic acids is 1. The molecule has 3 aromatic rings. The number of amides is 1. The van der Waals surface area contributed by atoms with Gasteiger partial charge in [-0.15, -0.1) is 10.2 Å². The number of benzene rings is 1. The van der Waals surface area contributed by atoms with E-state index in [0.29, 0.717) is 12.4 Å². The first kappa shape index (κ1) is 20.4. The Kier molecular flexibility index (Phi) is 5.90. The first-order valence-corrected chi connectivity index (χ1v) is 9.06. The third-order valence-corrected chi connectivity index (χ3v) is 4.29. The molecule has 1 amide bonds. The molecule has 0 saturated heterocycles. The van der Waals surface area contributed by atoms with E-state index in [1.165, 1.54) is 10.5 Å². The Morgan fingerprint density at radius 2 is 1.93 bits per heavy atom. The predicted molar refractivity (Wildman–Crippen MR) is 105 cm³/mol. The third-order valence-electron chi connectivity index (χ3n) is 4.29. The molecule has 3 rings (SSSR count). The lowest BCUT2D eigenvalue weighted by Crippen LogP contribution is -2.50. The number of hydrogen-bond acceptors (Lipinski definition) is 6. The maximum absolute atomic E-state index is 12.5. The molecular formula is C20H23N5O4. The van der Waals surface area contributed by atoms with Crippen molar-refractivity contribution in [3.05, 3.63) is 65.6 Å². The van der Waals surface area contributed by atoms with Crippen LogP contribution in [0.1, 0.15) is 41.6 Å². The number of nitrogens with two attached hydrogens (primary N) is 1. The maximum atomic E-state index is 12.5. The Morgan fingerprint density at radius 1 is 1.21 bits per heavy atom. The third kappa shape index (κ3) is 4.76. The molecule has 0 aliphatic heterocycles. The van der Waals surface area contributed by atoms with Gasteiger partial charge in [-0.3, -0.25) is 9.20 Å². The van der Waals surface area contributed by atoms with Gasteiger partial charge in [0.25, 0.3) is 0 Å². The summed E-state index contributed by atoms with van der Waals surface area (Å²) in [4.78, 5) is 23.9. The van der Waals surface area contributed by atoms with Crippen LogP contribution in [0.4, 0.5) is 0 Å². The summed E-state index contributed by atoms with van der Waals surface area (Å²) in [6, 6.07) is 12.0. The zero-order chi connectivity index (χ0) is 21.0. The smallest absolute Gasteiger partial charge is 0.339 e. The maximum Gasteiger partial charge on any atom is 0.339 e. The van der Waals surface area contributed by atoms with Crippen LogP contribution in [-0.4, -0.2) is 43.7 Å². The van der Waals surface area contributed by atoms with E-state index in [1.54, 1.807) is 26.1 Å². The Morgan fingerprint density at radius 3 is 2.59 bits per heavy atom. The molecule has 0 radical (unpaired) electrons. The minimum absolute atomic E-state index is 0.0145. The highest BCUT2D eigenvalue weighted by Gasteiger charge is 2.28. The normalized spacial score (nSPS) is 12.7. The lowest BCUT2D eigenvalue weighted by molar-refractivity contribution is -0.126. The Hall–Kier alpha value is -3.30. The van der Waals surface area contributed by atoms with Crippen LogP contribution in [0.15, 0.2) is 48.7 Å². The van der Waals surface area contributed by atoms with E-state index in [-0.39, 0.29) is 17.8 Å². The molecule has 9 heteroatoms. The molecule has 0 unspecified atom stereocenters. The monoisotopic (exact) mass is 397 g/mol. The number of nitrogens with one attached hydrogen (secondary N) is 1. The van der Waals surface area contributed by atoms with Gasteiger partial charge in [0.2, 0.25) is 5.91 Å². The van der Waals surface area contributed by atoms with Crippen LogP contribution >= 0.6 is 0 Å². The number of hydrogen-bond donors (Lipinski definition) is 3. The van der Waals surface area contributed by atoms with Gasteiger partial charge in [-0.05, 0) is 31.5 Å². The summed E-state index contributed by atoms with van der Waals surface area (Å²) < 4.78 is 7.32. The van der Waals surface area contributed by atoms with Crippen LogP contribution in [-0.2, 0) is 16.1 Å². The van der Waals surface area contributed by atoms with Crippen molar-refractivity contribution >= 4 is 17.5 Å². The van der Waals surface area contributed by atoms with E-state index in [4.69, 9.17) is 10.5 Å². The second-order valence-corrected chi connectivity index (χ2v) is 7.23. The largest absolute Gasteiger partial charge is 0.478 e. The van der Waals surface area contributed by atoms with Crippen molar-refractivity contribution in [3.63, 3.8) is 0 Å². The van der Waals surface area contributed by atoms with Gasteiger partial charge in [-0.1, -0.05) is 30.3 Å². The van der Waals surface area contributed by atoms with Gasteiger partial charge < -0.3 is 20.9 Å². The molecule has 2 aromatic heterocycles. The molecule has 29 heavy (non-hydrogen) atoms. The number of rotatable bonds is 8. The number of nitrogens with zero attached hydrogens (tertiary/aromatic N) is 3. The molecular weight excluding hydrogens is 374 g/mol. The highest BCUT2D eigenvalue weighted by molar-refractivity contribution is 5.94. The van der Waals surface area contributed by atoms with Gasteiger partial charge in [0, 0.05) is 6.20 Å². The molecule has 152 valence electrons. The van der Waals surface area contributed by atoms with E-state index in [0.717, 1.165) is 5.56 Å². The van der Waals surface area contributed by atoms with Gasteiger partial charge in [0.1, 0.15) is 11.6 Å². The van der Waals surface area contributed by atoms with E-state index in [2.05, 4.69) is 15.5 Å². The number of pyridine rings is 1. The first-order valence-electron chi connectivity index (χ1n) is 9.06. The van der Waals surface area contributed by atoms with E-state index >= 15 is 0 Å². The number of aromatic nitrogens is 3. The molecule has 1 aromatic carbocycles. The van der Waals surface area contributed by atoms with E-state index < -0.39 is 23.5 Å². The predicted octanol–water partition coefficient (Wildman–Crippen LogP) is 1.54. The summed E-state index contributed by atoms with van der Waals surface area (Å²) in [6.07, 6.45) is 1.64. The van der Waals surface area contributed by atoms with Gasteiger partial charge in [0.05, 0.1) is 18.8 Å². The standard InChI is InChI=1S/C20H23N5O4/c1-20(2,21)19(28)22-15(12-29-11-13-7-4-3-5-8-13)17-24-23-16-14(18(26)27)9-6-10-25(16)17/h3-10,15H,11-12,21H2,1-2H3,(H,22,28)(H,26,27)/t15-/m1/s1. The number of carbonyl (C=O) groups excluding carboxylic acids is 1. The lowest BCUT2D eigenvalue weighted by Gasteiger charge is -2.23. The highest BCUT2D eigenvalue weighted by Crippen LogP contribution is 2.18. The molecule has 0 spiro atoms. The van der Waals surface area contributed by atoms with Gasteiger partial charge >= 0.3 is 5.97 Å². The SMILES string of the molecule is CC(C)(N)C(=O)N[C@H](COCc1ccccc1)c1nnc2c(C(=O)O)cccn12. The molecule has 0 bridgehead atoms. The molecule has 2 heterocycles. The number of aromatic carboxylic acids is 1. The molecule has 1 atom stereocenters. The van der Waals surface area contributed by atoms with Crippen molar-refractivity contribution < 1.29 is 19.4 Å².